The Morgan fingerprint density at radius 2 is 1.77 bits per heavy atom. The number of pyridine rings is 2. The van der Waals surface area contributed by atoms with Gasteiger partial charge in [-0.2, -0.15) is 0 Å². The van der Waals surface area contributed by atoms with Gasteiger partial charge in [0.2, 0.25) is 0 Å². The predicted molar refractivity (Wildman–Crippen MR) is 131 cm³/mol. The predicted octanol–water partition coefficient (Wildman–Crippen LogP) is 3.95. The van der Waals surface area contributed by atoms with Crippen LogP contribution in [-0.2, 0) is 6.54 Å². The van der Waals surface area contributed by atoms with Crippen LogP contribution in [0.15, 0.2) is 82.5 Å². The average Bonchev–Trinajstić information content (AvgIpc) is 3.39. The van der Waals surface area contributed by atoms with Gasteiger partial charge in [-0.3, -0.25) is 14.7 Å². The maximum Gasteiger partial charge on any atom is 0.260 e. The van der Waals surface area contributed by atoms with Crippen LogP contribution in [0.25, 0.3) is 0 Å². The van der Waals surface area contributed by atoms with Gasteiger partial charge in [-0.05, 0) is 67.1 Å². The molecule has 7 nitrogen and oxygen atoms in total. The Bertz CT molecular complexity index is 1330. The number of aromatic hydroxyl groups is 1. The molecule has 0 spiro atoms. The van der Waals surface area contributed by atoms with E-state index in [9.17, 15) is 14.3 Å². The number of piperazine rings is 1. The summed E-state index contributed by atoms with van der Waals surface area (Å²) in [5.74, 6) is 0.386. The highest BCUT2D eigenvalue weighted by molar-refractivity contribution is 5.47. The van der Waals surface area contributed by atoms with Gasteiger partial charge in [0.25, 0.3) is 5.56 Å². The van der Waals surface area contributed by atoms with Gasteiger partial charge in [0.05, 0.1) is 24.4 Å². The maximum absolute atomic E-state index is 13.8. The molecule has 8 heteroatoms. The molecule has 0 aliphatic carbocycles. The standard InChI is InChI=1S/C27H27FN4O3/c1-19-17-24(33)25(27(34)32(19)18-23-3-2-16-35-23)26(20-8-10-29-11-9-20)31-14-12-30(13-15-31)22-6-4-21(28)5-7-22/h2-11,16-17,26,33H,12-15,18H2,1H3/t26-/m1/s1. The lowest BCUT2D eigenvalue weighted by atomic mass is 9.96. The van der Waals surface area contributed by atoms with E-state index in [-0.39, 0.29) is 23.7 Å². The molecule has 1 aromatic carbocycles. The van der Waals surface area contributed by atoms with Crippen molar-refractivity contribution < 1.29 is 13.9 Å². The van der Waals surface area contributed by atoms with E-state index in [0.29, 0.717) is 43.2 Å². The third-order valence-corrected chi connectivity index (χ3v) is 6.58. The van der Waals surface area contributed by atoms with Gasteiger partial charge < -0.3 is 19.0 Å². The zero-order chi connectivity index (χ0) is 24.4. The van der Waals surface area contributed by atoms with Crippen LogP contribution < -0.4 is 10.5 Å². The molecule has 1 atom stereocenters. The summed E-state index contributed by atoms with van der Waals surface area (Å²) in [6.45, 7) is 4.83. The van der Waals surface area contributed by atoms with Gasteiger partial charge in [-0.15, -0.1) is 0 Å². The van der Waals surface area contributed by atoms with Gasteiger partial charge in [0.15, 0.2) is 0 Å². The van der Waals surface area contributed by atoms with Gasteiger partial charge in [0.1, 0.15) is 17.3 Å². The van der Waals surface area contributed by atoms with Crippen molar-refractivity contribution in [1.29, 1.82) is 0 Å². The van der Waals surface area contributed by atoms with Gasteiger partial charge in [-0.1, -0.05) is 0 Å². The molecule has 0 radical (unpaired) electrons. The fourth-order valence-corrected chi connectivity index (χ4v) is 4.78. The monoisotopic (exact) mass is 474 g/mol. The molecule has 4 aromatic rings. The third-order valence-electron chi connectivity index (χ3n) is 6.58. The molecule has 180 valence electrons. The zero-order valence-electron chi connectivity index (χ0n) is 19.5. The van der Waals surface area contributed by atoms with E-state index in [1.54, 1.807) is 54.4 Å². The molecule has 35 heavy (non-hydrogen) atoms. The largest absolute Gasteiger partial charge is 0.507 e. The third kappa shape index (κ3) is 4.70. The number of hydrogen-bond donors (Lipinski definition) is 1. The van der Waals surface area contributed by atoms with Crippen molar-refractivity contribution in [1.82, 2.24) is 14.5 Å². The molecule has 1 aliphatic heterocycles. The van der Waals surface area contributed by atoms with E-state index < -0.39 is 6.04 Å². The highest BCUT2D eigenvalue weighted by Gasteiger charge is 2.31. The zero-order valence-corrected chi connectivity index (χ0v) is 19.5. The Balaban J connectivity index is 1.50. The molecule has 3 aromatic heterocycles. The van der Waals surface area contributed by atoms with Crippen LogP contribution in [0.2, 0.25) is 0 Å². The summed E-state index contributed by atoms with van der Waals surface area (Å²) in [5, 5.41) is 11.0. The van der Waals surface area contributed by atoms with Crippen molar-refractivity contribution >= 4 is 5.69 Å². The van der Waals surface area contributed by atoms with E-state index in [4.69, 9.17) is 4.42 Å². The fourth-order valence-electron chi connectivity index (χ4n) is 4.78. The number of halogens is 1. The number of rotatable bonds is 6. The molecule has 1 aliphatic rings. The van der Waals surface area contributed by atoms with Crippen LogP contribution in [-0.4, -0.2) is 45.7 Å². The molecular formula is C27H27FN4O3. The number of furan rings is 1. The van der Waals surface area contributed by atoms with E-state index in [1.807, 2.05) is 18.2 Å². The van der Waals surface area contributed by atoms with E-state index >= 15 is 0 Å². The number of anilines is 1. The summed E-state index contributed by atoms with van der Waals surface area (Å²) in [4.78, 5) is 22.3. The van der Waals surface area contributed by atoms with Crippen molar-refractivity contribution in [2.75, 3.05) is 31.1 Å². The molecule has 0 saturated carbocycles. The molecule has 1 saturated heterocycles. The number of aromatic nitrogens is 2. The quantitative estimate of drug-likeness (QED) is 0.456. The Kier molecular flexibility index (Phi) is 6.37. The second-order valence-electron chi connectivity index (χ2n) is 8.74. The van der Waals surface area contributed by atoms with Crippen molar-refractivity contribution in [2.24, 2.45) is 0 Å². The van der Waals surface area contributed by atoms with Crippen LogP contribution in [0.1, 0.15) is 28.6 Å². The summed E-state index contributed by atoms with van der Waals surface area (Å²) >= 11 is 0. The first-order chi connectivity index (χ1) is 17.0. The number of hydrogen-bond acceptors (Lipinski definition) is 6. The first-order valence-corrected chi connectivity index (χ1v) is 11.6. The van der Waals surface area contributed by atoms with Crippen LogP contribution in [0, 0.1) is 12.7 Å². The topological polar surface area (TPSA) is 74.7 Å². The number of nitrogens with zero attached hydrogens (tertiary/aromatic N) is 4. The lowest BCUT2D eigenvalue weighted by Gasteiger charge is -2.40. The first-order valence-electron chi connectivity index (χ1n) is 11.6. The van der Waals surface area contributed by atoms with E-state index in [0.717, 1.165) is 11.3 Å². The molecule has 1 N–H and O–H groups in total. The molecule has 1 fully saturated rings. The Labute approximate surface area is 202 Å². The molecule has 5 rings (SSSR count). The van der Waals surface area contributed by atoms with Gasteiger partial charge in [-0.25, -0.2) is 4.39 Å². The first kappa shape index (κ1) is 22.9. The molecule has 4 heterocycles. The van der Waals surface area contributed by atoms with Gasteiger partial charge in [0, 0.05) is 50.0 Å². The summed E-state index contributed by atoms with van der Waals surface area (Å²) in [5.41, 5.74) is 2.59. The maximum atomic E-state index is 13.8. The normalized spacial score (nSPS) is 15.3. The van der Waals surface area contributed by atoms with Crippen LogP contribution in [0.3, 0.4) is 0 Å². The second-order valence-corrected chi connectivity index (χ2v) is 8.74. The Hall–Kier alpha value is -3.91. The minimum atomic E-state index is -0.440. The SMILES string of the molecule is Cc1cc(O)c([C@@H](c2ccncc2)N2CCN(c3ccc(F)cc3)CC2)c(=O)n1Cc1ccco1. The molecule has 0 bridgehead atoms. The smallest absolute Gasteiger partial charge is 0.260 e. The highest BCUT2D eigenvalue weighted by Crippen LogP contribution is 2.33. The van der Waals surface area contributed by atoms with Crippen molar-refractivity contribution in [3.63, 3.8) is 0 Å². The fraction of sp³-hybridized carbons (Fsp3) is 0.259. The summed E-state index contributed by atoms with van der Waals surface area (Å²) < 4.78 is 20.5. The van der Waals surface area contributed by atoms with Crippen molar-refractivity contribution in [3.05, 3.63) is 112 Å². The molecule has 0 amide bonds. The minimum absolute atomic E-state index is 0.0222. The summed E-state index contributed by atoms with van der Waals surface area (Å²) in [6, 6.07) is 15.1. The molecule has 0 unspecified atom stereocenters. The Morgan fingerprint density at radius 3 is 2.43 bits per heavy atom. The molecular weight excluding hydrogens is 447 g/mol. The number of benzene rings is 1. The minimum Gasteiger partial charge on any atom is -0.507 e. The van der Waals surface area contributed by atoms with E-state index in [1.165, 1.54) is 12.1 Å². The summed E-state index contributed by atoms with van der Waals surface area (Å²) in [6.07, 6.45) is 4.98. The van der Waals surface area contributed by atoms with Crippen molar-refractivity contribution in [2.45, 2.75) is 19.5 Å². The lowest BCUT2D eigenvalue weighted by Crippen LogP contribution is -2.49. The van der Waals surface area contributed by atoms with Crippen LogP contribution >= 0.6 is 0 Å². The van der Waals surface area contributed by atoms with E-state index in [2.05, 4.69) is 14.8 Å². The number of aryl methyl sites for hydroxylation is 1. The lowest BCUT2D eigenvalue weighted by molar-refractivity contribution is 0.207. The van der Waals surface area contributed by atoms with Gasteiger partial charge >= 0.3 is 0 Å². The second kappa shape index (κ2) is 9.76. The average molecular weight is 475 g/mol. The Morgan fingerprint density at radius 1 is 1.06 bits per heavy atom. The summed E-state index contributed by atoms with van der Waals surface area (Å²) in [7, 11) is 0. The van der Waals surface area contributed by atoms with Crippen LogP contribution in [0.4, 0.5) is 10.1 Å². The highest BCUT2D eigenvalue weighted by atomic mass is 19.1. The van der Waals surface area contributed by atoms with Crippen molar-refractivity contribution in [3.8, 4) is 5.75 Å². The van der Waals surface area contributed by atoms with Crippen LogP contribution in [0.5, 0.6) is 5.75 Å².